The summed E-state index contributed by atoms with van der Waals surface area (Å²) >= 11 is 13.6. The van der Waals surface area contributed by atoms with Crippen molar-refractivity contribution in [3.8, 4) is 10.6 Å². The van der Waals surface area contributed by atoms with Gasteiger partial charge in [-0.3, -0.25) is 14.4 Å². The van der Waals surface area contributed by atoms with Gasteiger partial charge in [-0.15, -0.1) is 10.2 Å². The van der Waals surface area contributed by atoms with E-state index in [1.165, 1.54) is 35.6 Å². The first-order valence-corrected chi connectivity index (χ1v) is 12.6. The summed E-state index contributed by atoms with van der Waals surface area (Å²) in [6, 6.07) is 21.7. The number of aromatic nitrogens is 2. The smallest absolute Gasteiger partial charge is 0.264 e. The van der Waals surface area contributed by atoms with Crippen LogP contribution in [0.15, 0.2) is 83.8 Å². The van der Waals surface area contributed by atoms with Gasteiger partial charge in [-0.2, -0.15) is 0 Å². The van der Waals surface area contributed by atoms with Crippen LogP contribution in [-0.2, 0) is 14.8 Å². The van der Waals surface area contributed by atoms with Crippen LogP contribution < -0.4 is 9.62 Å². The Morgan fingerprint density at radius 2 is 1.58 bits per heavy atom. The number of rotatable bonds is 7. The summed E-state index contributed by atoms with van der Waals surface area (Å²) in [7, 11) is -4.12. The molecule has 0 saturated carbocycles. The Bertz CT molecular complexity index is 1380. The van der Waals surface area contributed by atoms with Gasteiger partial charge in [-0.1, -0.05) is 89.1 Å². The molecular weight excluding hydrogens is 503 g/mol. The van der Waals surface area contributed by atoms with Crippen molar-refractivity contribution >= 4 is 61.3 Å². The first-order chi connectivity index (χ1) is 15.9. The fourth-order valence-corrected chi connectivity index (χ4v) is 5.63. The highest BCUT2D eigenvalue weighted by Gasteiger charge is 2.29. The van der Waals surface area contributed by atoms with Gasteiger partial charge >= 0.3 is 0 Å². The Kier molecular flexibility index (Phi) is 6.94. The number of sulfonamides is 1. The van der Waals surface area contributed by atoms with E-state index in [0.717, 1.165) is 9.87 Å². The second-order valence-electron chi connectivity index (χ2n) is 6.72. The molecule has 4 aromatic rings. The molecule has 0 unspecified atom stereocenters. The first kappa shape index (κ1) is 23.2. The Labute approximate surface area is 204 Å². The van der Waals surface area contributed by atoms with Crippen molar-refractivity contribution in [1.29, 1.82) is 0 Å². The molecule has 1 aromatic heterocycles. The second kappa shape index (κ2) is 9.88. The van der Waals surface area contributed by atoms with E-state index in [-0.39, 0.29) is 25.8 Å². The summed E-state index contributed by atoms with van der Waals surface area (Å²) in [6.07, 6.45) is 0. The molecule has 11 heteroatoms. The predicted molar refractivity (Wildman–Crippen MR) is 131 cm³/mol. The van der Waals surface area contributed by atoms with Crippen molar-refractivity contribution in [2.45, 2.75) is 4.90 Å². The number of hydrogen-bond donors (Lipinski definition) is 1. The van der Waals surface area contributed by atoms with Crippen molar-refractivity contribution in [3.63, 3.8) is 0 Å². The van der Waals surface area contributed by atoms with Gasteiger partial charge in [0.25, 0.3) is 10.0 Å². The average molecular weight is 519 g/mol. The predicted octanol–water partition coefficient (Wildman–Crippen LogP) is 5.35. The third-order valence-electron chi connectivity index (χ3n) is 4.51. The first-order valence-electron chi connectivity index (χ1n) is 9.57. The third-order valence-corrected chi connectivity index (χ3v) is 7.98. The van der Waals surface area contributed by atoms with Crippen LogP contribution in [-0.4, -0.2) is 31.1 Å². The summed E-state index contributed by atoms with van der Waals surface area (Å²) in [5, 5.41) is 11.7. The third kappa shape index (κ3) is 5.17. The normalized spacial score (nSPS) is 11.2. The summed E-state index contributed by atoms with van der Waals surface area (Å²) < 4.78 is 27.7. The number of benzene rings is 3. The van der Waals surface area contributed by atoms with E-state index < -0.39 is 22.5 Å². The van der Waals surface area contributed by atoms with Gasteiger partial charge < -0.3 is 0 Å². The van der Waals surface area contributed by atoms with E-state index in [0.29, 0.717) is 5.01 Å². The Hall–Kier alpha value is -2.98. The monoisotopic (exact) mass is 518 g/mol. The number of carbonyl (C=O) groups is 1. The Morgan fingerprint density at radius 3 is 2.27 bits per heavy atom. The fourth-order valence-electron chi connectivity index (χ4n) is 2.96. The fraction of sp³-hybridized carbons (Fsp3) is 0.0455. The van der Waals surface area contributed by atoms with E-state index in [4.69, 9.17) is 23.2 Å². The maximum absolute atomic E-state index is 13.4. The lowest BCUT2D eigenvalue weighted by molar-refractivity contribution is -0.114. The molecule has 0 aliphatic carbocycles. The minimum atomic E-state index is -4.12. The summed E-state index contributed by atoms with van der Waals surface area (Å²) in [4.78, 5) is 12.9. The largest absolute Gasteiger partial charge is 0.299 e. The zero-order valence-corrected chi connectivity index (χ0v) is 20.0. The van der Waals surface area contributed by atoms with Gasteiger partial charge in [-0.25, -0.2) is 8.42 Å². The molecule has 0 aliphatic rings. The molecule has 0 fully saturated rings. The summed E-state index contributed by atoms with van der Waals surface area (Å²) in [5.41, 5.74) is 0.944. The number of halogens is 2. The maximum atomic E-state index is 13.4. The van der Waals surface area contributed by atoms with Crippen LogP contribution >= 0.6 is 34.5 Å². The number of hydrogen-bond acceptors (Lipinski definition) is 6. The molecule has 3 aromatic carbocycles. The lowest BCUT2D eigenvalue weighted by Crippen LogP contribution is -2.38. The lowest BCUT2D eigenvalue weighted by Gasteiger charge is -2.25. The molecule has 7 nitrogen and oxygen atoms in total. The zero-order valence-electron chi connectivity index (χ0n) is 16.9. The number of carbonyl (C=O) groups excluding carboxylic acids is 1. The summed E-state index contributed by atoms with van der Waals surface area (Å²) in [5.74, 6) is -0.610. The molecule has 0 aliphatic heterocycles. The molecular formula is C22H16Cl2N4O3S2. The van der Waals surface area contributed by atoms with Crippen molar-refractivity contribution in [2.24, 2.45) is 0 Å². The van der Waals surface area contributed by atoms with Gasteiger partial charge in [0.15, 0.2) is 0 Å². The van der Waals surface area contributed by atoms with Crippen LogP contribution in [0.5, 0.6) is 0 Å². The van der Waals surface area contributed by atoms with Gasteiger partial charge in [0.05, 0.1) is 20.6 Å². The molecule has 0 radical (unpaired) electrons. The van der Waals surface area contributed by atoms with Crippen LogP contribution in [0.25, 0.3) is 10.6 Å². The van der Waals surface area contributed by atoms with E-state index >= 15 is 0 Å². The number of nitrogens with zero attached hydrogens (tertiary/aromatic N) is 3. The number of amides is 1. The minimum Gasteiger partial charge on any atom is -0.299 e. The maximum Gasteiger partial charge on any atom is 0.264 e. The van der Waals surface area contributed by atoms with E-state index in [1.807, 2.05) is 30.3 Å². The highest BCUT2D eigenvalue weighted by atomic mass is 35.5. The molecule has 0 bridgehead atoms. The van der Waals surface area contributed by atoms with Crippen LogP contribution in [0.2, 0.25) is 10.0 Å². The molecule has 168 valence electrons. The lowest BCUT2D eigenvalue weighted by atomic mass is 10.2. The summed E-state index contributed by atoms with van der Waals surface area (Å²) in [6.45, 7) is -0.544. The SMILES string of the molecule is O=C(CN(c1cccc(Cl)c1Cl)S(=O)(=O)c1ccccc1)Nc1nnc(-c2ccccc2)s1. The van der Waals surface area contributed by atoms with Crippen molar-refractivity contribution in [1.82, 2.24) is 10.2 Å². The molecule has 1 amide bonds. The van der Waals surface area contributed by atoms with Gasteiger partial charge in [0, 0.05) is 5.56 Å². The minimum absolute atomic E-state index is 0.0103. The highest BCUT2D eigenvalue weighted by Crippen LogP contribution is 2.35. The zero-order chi connectivity index (χ0) is 23.4. The van der Waals surface area contributed by atoms with E-state index in [1.54, 1.807) is 24.3 Å². The molecule has 0 spiro atoms. The van der Waals surface area contributed by atoms with Gasteiger partial charge in [-0.05, 0) is 24.3 Å². The van der Waals surface area contributed by atoms with Crippen LogP contribution in [0.4, 0.5) is 10.8 Å². The van der Waals surface area contributed by atoms with Gasteiger partial charge in [0.1, 0.15) is 11.6 Å². The molecule has 1 heterocycles. The number of anilines is 2. The average Bonchev–Trinajstić information content (AvgIpc) is 3.29. The molecule has 33 heavy (non-hydrogen) atoms. The van der Waals surface area contributed by atoms with Crippen LogP contribution in [0, 0.1) is 0 Å². The topological polar surface area (TPSA) is 92.3 Å². The van der Waals surface area contributed by atoms with Crippen molar-refractivity contribution in [3.05, 3.63) is 88.9 Å². The van der Waals surface area contributed by atoms with Crippen molar-refractivity contribution < 1.29 is 13.2 Å². The Balaban J connectivity index is 1.63. The van der Waals surface area contributed by atoms with Crippen LogP contribution in [0.3, 0.4) is 0 Å². The van der Waals surface area contributed by atoms with E-state index in [9.17, 15) is 13.2 Å². The quantitative estimate of drug-likeness (QED) is 0.356. The standard InChI is InChI=1S/C22H16Cl2N4O3S2/c23-17-12-7-13-18(20(17)24)28(33(30,31)16-10-5-2-6-11-16)14-19(29)25-22-27-26-21(32-22)15-8-3-1-4-9-15/h1-13H,14H2,(H,25,27,29). The molecule has 4 rings (SSSR count). The number of nitrogens with one attached hydrogen (secondary N) is 1. The molecule has 1 N–H and O–H groups in total. The second-order valence-corrected chi connectivity index (χ2v) is 10.3. The highest BCUT2D eigenvalue weighted by molar-refractivity contribution is 7.92. The molecule has 0 atom stereocenters. The Morgan fingerprint density at radius 1 is 0.909 bits per heavy atom. The van der Waals surface area contributed by atoms with Gasteiger partial charge in [0.2, 0.25) is 11.0 Å². The van der Waals surface area contributed by atoms with Crippen molar-refractivity contribution in [2.75, 3.05) is 16.2 Å². The van der Waals surface area contributed by atoms with E-state index in [2.05, 4.69) is 15.5 Å². The van der Waals surface area contributed by atoms with Crippen LogP contribution in [0.1, 0.15) is 0 Å². The molecule has 0 saturated heterocycles.